The minimum atomic E-state index is -4.19. The summed E-state index contributed by atoms with van der Waals surface area (Å²) < 4.78 is 32.1. The number of hydrogen-bond acceptors (Lipinski definition) is 3. The third kappa shape index (κ3) is 3.85. The summed E-state index contributed by atoms with van der Waals surface area (Å²) in [6, 6.07) is 0. The van der Waals surface area contributed by atoms with Crippen LogP contribution in [0.15, 0.2) is 0 Å². The molecule has 1 saturated heterocycles. The summed E-state index contributed by atoms with van der Waals surface area (Å²) in [4.78, 5) is 0. The van der Waals surface area contributed by atoms with Gasteiger partial charge in [0.15, 0.2) is 0 Å². The van der Waals surface area contributed by atoms with E-state index < -0.39 is 7.91 Å². The Morgan fingerprint density at radius 1 is 1.00 bits per heavy atom. The highest BCUT2D eigenvalue weighted by molar-refractivity contribution is 7.48. The van der Waals surface area contributed by atoms with E-state index in [1.165, 1.54) is 0 Å². The van der Waals surface area contributed by atoms with Crippen molar-refractivity contribution in [3.05, 3.63) is 0 Å². The summed E-state index contributed by atoms with van der Waals surface area (Å²) >= 11 is 0. The lowest BCUT2D eigenvalue weighted by Crippen LogP contribution is -1.91. The second kappa shape index (κ2) is 4.19. The van der Waals surface area contributed by atoms with Crippen molar-refractivity contribution in [3.8, 4) is 0 Å². The quantitative estimate of drug-likeness (QED) is 0.540. The van der Waals surface area contributed by atoms with Gasteiger partial charge in [-0.1, -0.05) is 12.8 Å². The second-order valence-corrected chi connectivity index (χ2v) is 3.89. The van der Waals surface area contributed by atoms with Gasteiger partial charge in [0.05, 0.1) is 13.2 Å². The zero-order valence-electron chi connectivity index (χ0n) is 6.29. The summed E-state index contributed by atoms with van der Waals surface area (Å²) in [7, 11) is -4.19. The maximum Gasteiger partial charge on any atom is 0.513 e. The van der Waals surface area contributed by atoms with E-state index in [1.807, 2.05) is 0 Å². The Kier molecular flexibility index (Phi) is 3.49. The molecule has 11 heavy (non-hydrogen) atoms. The predicted molar refractivity (Wildman–Crippen MR) is 39.1 cm³/mol. The van der Waals surface area contributed by atoms with Gasteiger partial charge in [-0.05, 0) is 12.8 Å². The van der Waals surface area contributed by atoms with Crippen LogP contribution in [0.4, 0.5) is 4.20 Å². The molecular weight excluding hydrogens is 170 g/mol. The average Bonchev–Trinajstić information content (AvgIpc) is 2.00. The Hall–Kier alpha value is 0.0800. The molecule has 0 aromatic carbocycles. The molecule has 0 aliphatic carbocycles. The Morgan fingerprint density at radius 3 is 1.91 bits per heavy atom. The average molecular weight is 182 g/mol. The summed E-state index contributed by atoms with van der Waals surface area (Å²) in [5.74, 6) is 0. The van der Waals surface area contributed by atoms with E-state index in [-0.39, 0.29) is 13.2 Å². The van der Waals surface area contributed by atoms with E-state index in [1.54, 1.807) is 0 Å². The molecule has 0 radical (unpaired) electrons. The molecule has 3 nitrogen and oxygen atoms in total. The predicted octanol–water partition coefficient (Wildman–Crippen LogP) is 2.67. The number of halogens is 1. The van der Waals surface area contributed by atoms with Crippen LogP contribution >= 0.6 is 7.91 Å². The first-order valence-electron chi connectivity index (χ1n) is 3.79. The van der Waals surface area contributed by atoms with Gasteiger partial charge < -0.3 is 0 Å². The Morgan fingerprint density at radius 2 is 1.45 bits per heavy atom. The van der Waals surface area contributed by atoms with Gasteiger partial charge in [0, 0.05) is 0 Å². The van der Waals surface area contributed by atoms with E-state index in [4.69, 9.17) is 0 Å². The smallest absolute Gasteiger partial charge is 0.284 e. The third-order valence-electron chi connectivity index (χ3n) is 1.53. The fourth-order valence-electron chi connectivity index (χ4n) is 0.942. The van der Waals surface area contributed by atoms with Crippen LogP contribution < -0.4 is 0 Å². The maximum atomic E-state index is 12.6. The monoisotopic (exact) mass is 182 g/mol. The minimum absolute atomic E-state index is 0.202. The van der Waals surface area contributed by atoms with E-state index in [9.17, 15) is 8.76 Å². The standard InChI is InChI=1S/C6H12FO3P/c7-11(8)9-5-3-1-2-4-6-10-11/h1-6H2. The molecular formula is C6H12FO3P. The molecule has 0 N–H and O–H groups in total. The highest BCUT2D eigenvalue weighted by Gasteiger charge is 2.23. The summed E-state index contributed by atoms with van der Waals surface area (Å²) in [5.41, 5.74) is 0. The molecule has 0 saturated carbocycles. The zero-order chi connectivity index (χ0) is 8.16. The van der Waals surface area contributed by atoms with Crippen LogP contribution in [-0.4, -0.2) is 13.2 Å². The Balaban J connectivity index is 2.37. The molecule has 0 unspecified atom stereocenters. The van der Waals surface area contributed by atoms with Crippen LogP contribution in [0, 0.1) is 0 Å². The lowest BCUT2D eigenvalue weighted by molar-refractivity contribution is 0.179. The van der Waals surface area contributed by atoms with Gasteiger partial charge >= 0.3 is 7.91 Å². The molecule has 1 aliphatic rings. The molecule has 1 aliphatic heterocycles. The molecule has 1 heterocycles. The Bertz CT molecular complexity index is 148. The van der Waals surface area contributed by atoms with Crippen molar-refractivity contribution in [2.75, 3.05) is 13.2 Å². The van der Waals surface area contributed by atoms with Crippen LogP contribution in [0.5, 0.6) is 0 Å². The zero-order valence-corrected chi connectivity index (χ0v) is 7.19. The Labute approximate surface area is 65.5 Å². The fraction of sp³-hybridized carbons (Fsp3) is 1.00. The lowest BCUT2D eigenvalue weighted by atomic mass is 10.2. The van der Waals surface area contributed by atoms with Gasteiger partial charge in [-0.15, -0.1) is 4.20 Å². The van der Waals surface area contributed by atoms with Crippen molar-refractivity contribution in [3.63, 3.8) is 0 Å². The summed E-state index contributed by atoms with van der Waals surface area (Å²) in [5, 5.41) is 0. The van der Waals surface area contributed by atoms with Crippen molar-refractivity contribution in [1.82, 2.24) is 0 Å². The van der Waals surface area contributed by atoms with Crippen LogP contribution in [0.3, 0.4) is 0 Å². The highest BCUT2D eigenvalue weighted by atomic mass is 31.2. The van der Waals surface area contributed by atoms with E-state index in [0.717, 1.165) is 25.7 Å². The van der Waals surface area contributed by atoms with E-state index in [2.05, 4.69) is 9.05 Å². The van der Waals surface area contributed by atoms with E-state index in [0.29, 0.717) is 0 Å². The first-order valence-corrected chi connectivity index (χ1v) is 5.23. The van der Waals surface area contributed by atoms with Gasteiger partial charge in [-0.2, -0.15) is 0 Å². The third-order valence-corrected chi connectivity index (χ3v) is 2.51. The van der Waals surface area contributed by atoms with E-state index >= 15 is 0 Å². The first kappa shape index (κ1) is 9.17. The van der Waals surface area contributed by atoms with Crippen LogP contribution in [-0.2, 0) is 13.6 Å². The van der Waals surface area contributed by atoms with Crippen LogP contribution in [0.2, 0.25) is 0 Å². The number of rotatable bonds is 0. The van der Waals surface area contributed by atoms with Gasteiger partial charge in [0.1, 0.15) is 0 Å². The van der Waals surface area contributed by atoms with Gasteiger partial charge in [0.2, 0.25) is 0 Å². The van der Waals surface area contributed by atoms with Crippen LogP contribution in [0.25, 0.3) is 0 Å². The fourth-order valence-corrected chi connectivity index (χ4v) is 1.71. The largest absolute Gasteiger partial charge is 0.513 e. The van der Waals surface area contributed by atoms with Crippen molar-refractivity contribution in [2.45, 2.75) is 25.7 Å². The molecule has 0 atom stereocenters. The molecule has 0 spiro atoms. The molecule has 66 valence electrons. The second-order valence-electron chi connectivity index (χ2n) is 2.51. The maximum absolute atomic E-state index is 12.6. The minimum Gasteiger partial charge on any atom is -0.284 e. The molecule has 0 amide bonds. The summed E-state index contributed by atoms with van der Waals surface area (Å²) in [6.07, 6.45) is 3.50. The first-order chi connectivity index (χ1) is 5.21. The van der Waals surface area contributed by atoms with Crippen molar-refractivity contribution in [1.29, 1.82) is 0 Å². The van der Waals surface area contributed by atoms with Gasteiger partial charge in [0.25, 0.3) is 0 Å². The molecule has 1 rings (SSSR count). The normalized spacial score (nSPS) is 26.6. The van der Waals surface area contributed by atoms with Gasteiger partial charge in [-0.25, -0.2) is 4.57 Å². The number of hydrogen-bond donors (Lipinski definition) is 0. The SMILES string of the molecule is O=P1(F)OCCCCCCO1. The van der Waals surface area contributed by atoms with Crippen molar-refractivity contribution in [2.24, 2.45) is 0 Å². The molecule has 0 aromatic heterocycles. The molecule has 0 aromatic rings. The topological polar surface area (TPSA) is 35.5 Å². The van der Waals surface area contributed by atoms with Crippen molar-refractivity contribution < 1.29 is 17.8 Å². The molecule has 1 fully saturated rings. The highest BCUT2D eigenvalue weighted by Crippen LogP contribution is 2.50. The summed E-state index contributed by atoms with van der Waals surface area (Å²) in [6.45, 7) is 0.404. The van der Waals surface area contributed by atoms with Crippen molar-refractivity contribution >= 4 is 7.91 Å². The molecule has 0 bridgehead atoms. The van der Waals surface area contributed by atoms with Gasteiger partial charge in [-0.3, -0.25) is 9.05 Å². The lowest BCUT2D eigenvalue weighted by Gasteiger charge is -2.06. The molecule has 5 heteroatoms. The van der Waals surface area contributed by atoms with Crippen LogP contribution in [0.1, 0.15) is 25.7 Å².